The van der Waals surface area contributed by atoms with E-state index in [-0.39, 0.29) is 24.5 Å². The molecule has 2 N–H and O–H groups in total. The van der Waals surface area contributed by atoms with E-state index >= 15 is 0 Å². The third-order valence-electron chi connectivity index (χ3n) is 3.42. The molecule has 0 saturated carbocycles. The number of rotatable bonds is 5. The average molecular weight is 311 g/mol. The molecular weight excluding hydrogens is 292 g/mol. The van der Waals surface area contributed by atoms with E-state index in [1.165, 1.54) is 0 Å². The van der Waals surface area contributed by atoms with Crippen LogP contribution in [0, 0.1) is 6.92 Å². The van der Waals surface area contributed by atoms with Crippen LogP contribution < -0.4 is 10.6 Å². The highest BCUT2D eigenvalue weighted by molar-refractivity contribution is 6.31. The Morgan fingerprint density at radius 2 is 2.33 bits per heavy atom. The monoisotopic (exact) mass is 310 g/mol. The number of hydrogen-bond acceptors (Lipinski definition) is 3. The van der Waals surface area contributed by atoms with Crippen molar-refractivity contribution in [3.8, 4) is 0 Å². The predicted molar refractivity (Wildman–Crippen MR) is 81.4 cm³/mol. The lowest BCUT2D eigenvalue weighted by atomic mass is 10.1. The first-order chi connectivity index (χ1) is 10.0. The summed E-state index contributed by atoms with van der Waals surface area (Å²) in [6.45, 7) is 4.45. The highest BCUT2D eigenvalue weighted by Gasteiger charge is 2.31. The quantitative estimate of drug-likeness (QED) is 0.875. The Labute approximate surface area is 128 Å². The van der Waals surface area contributed by atoms with Crippen LogP contribution in [0.5, 0.6) is 0 Å². The largest absolute Gasteiger partial charge is 0.336 e. The van der Waals surface area contributed by atoms with Crippen LogP contribution >= 0.6 is 11.6 Å². The van der Waals surface area contributed by atoms with Crippen LogP contribution in [0.25, 0.3) is 0 Å². The van der Waals surface area contributed by atoms with Crippen molar-refractivity contribution in [2.24, 2.45) is 0 Å². The minimum Gasteiger partial charge on any atom is -0.336 e. The topological polar surface area (TPSA) is 74.3 Å². The number of pyridine rings is 1. The van der Waals surface area contributed by atoms with Crippen LogP contribution in [0.2, 0.25) is 5.02 Å². The number of anilines is 1. The molecule has 0 bridgehead atoms. The lowest BCUT2D eigenvalue weighted by Crippen LogP contribution is -2.40. The molecule has 1 aromatic heterocycles. The van der Waals surface area contributed by atoms with E-state index in [9.17, 15) is 9.59 Å². The highest BCUT2D eigenvalue weighted by atomic mass is 35.5. The Hall–Kier alpha value is -1.82. The summed E-state index contributed by atoms with van der Waals surface area (Å²) in [7, 11) is 0. The van der Waals surface area contributed by atoms with Gasteiger partial charge in [0.25, 0.3) is 0 Å². The molecule has 1 saturated heterocycles. The number of aryl methyl sites for hydroxylation is 1. The van der Waals surface area contributed by atoms with Crippen molar-refractivity contribution in [3.63, 3.8) is 0 Å². The maximum Gasteiger partial charge on any atom is 0.318 e. The summed E-state index contributed by atoms with van der Waals surface area (Å²) in [6, 6.07) is 3.21. The molecule has 1 aromatic rings. The molecule has 1 fully saturated rings. The number of aromatic nitrogens is 1. The van der Waals surface area contributed by atoms with Gasteiger partial charge in [-0.25, -0.2) is 9.78 Å². The molecule has 0 aliphatic carbocycles. The number of nitrogens with zero attached hydrogens (tertiary/aromatic N) is 2. The zero-order valence-corrected chi connectivity index (χ0v) is 12.9. The molecule has 1 aliphatic rings. The van der Waals surface area contributed by atoms with Gasteiger partial charge < -0.3 is 15.5 Å². The molecule has 2 heterocycles. The van der Waals surface area contributed by atoms with Crippen molar-refractivity contribution in [3.05, 3.63) is 22.8 Å². The molecule has 21 heavy (non-hydrogen) atoms. The first-order valence-corrected chi connectivity index (χ1v) is 7.36. The molecule has 1 aliphatic heterocycles. The molecule has 1 atom stereocenters. The Bertz CT molecular complexity index is 550. The van der Waals surface area contributed by atoms with E-state index in [0.29, 0.717) is 23.1 Å². The van der Waals surface area contributed by atoms with Gasteiger partial charge in [-0.1, -0.05) is 24.9 Å². The molecule has 6 nitrogen and oxygen atoms in total. The minimum absolute atomic E-state index is 0.0276. The van der Waals surface area contributed by atoms with Gasteiger partial charge in [-0.3, -0.25) is 4.79 Å². The van der Waals surface area contributed by atoms with Gasteiger partial charge in [0.05, 0.1) is 16.8 Å². The summed E-state index contributed by atoms with van der Waals surface area (Å²) in [6.07, 6.45) is 1.85. The minimum atomic E-state index is -0.262. The number of carbonyl (C=O) groups excluding carboxylic acids is 2. The summed E-state index contributed by atoms with van der Waals surface area (Å²) in [5, 5.41) is 6.00. The van der Waals surface area contributed by atoms with E-state index in [1.807, 2.05) is 0 Å². The summed E-state index contributed by atoms with van der Waals surface area (Å²) in [4.78, 5) is 29.6. The normalized spacial score (nSPS) is 17.8. The molecule has 0 aromatic carbocycles. The Balaban J connectivity index is 1.97. The first kappa shape index (κ1) is 15.6. The van der Waals surface area contributed by atoms with Crippen molar-refractivity contribution in [1.82, 2.24) is 15.2 Å². The van der Waals surface area contributed by atoms with E-state index in [2.05, 4.69) is 22.5 Å². The molecule has 0 unspecified atom stereocenters. The summed E-state index contributed by atoms with van der Waals surface area (Å²) < 4.78 is 0. The van der Waals surface area contributed by atoms with Gasteiger partial charge in [-0.2, -0.15) is 0 Å². The fourth-order valence-corrected chi connectivity index (χ4v) is 2.43. The molecular formula is C14H19ClN4O2. The number of carbonyl (C=O) groups is 2. The zero-order chi connectivity index (χ0) is 15.4. The third-order valence-corrected chi connectivity index (χ3v) is 3.81. The number of urea groups is 1. The summed E-state index contributed by atoms with van der Waals surface area (Å²) in [5.74, 6) is 0.177. The van der Waals surface area contributed by atoms with Gasteiger partial charge in [0, 0.05) is 6.54 Å². The van der Waals surface area contributed by atoms with Gasteiger partial charge >= 0.3 is 6.03 Å². The van der Waals surface area contributed by atoms with Crippen molar-refractivity contribution < 1.29 is 9.59 Å². The predicted octanol–water partition coefficient (Wildman–Crippen LogP) is 2.18. The van der Waals surface area contributed by atoms with Gasteiger partial charge in [0.15, 0.2) is 0 Å². The zero-order valence-electron chi connectivity index (χ0n) is 12.1. The standard InChI is InChI=1S/C14H19ClN4O2/c1-3-4-10-7-16-14(21)19(10)8-13(20)18-12-6-5-11(15)9(2)17-12/h5-6,10H,3-4,7-8H2,1-2H3,(H,16,21)(H,17,18,20)/t10-/m0/s1. The molecule has 3 amide bonds. The second kappa shape index (κ2) is 6.76. The van der Waals surface area contributed by atoms with Crippen molar-refractivity contribution >= 4 is 29.4 Å². The summed E-state index contributed by atoms with van der Waals surface area (Å²) in [5.41, 5.74) is 0.650. The van der Waals surface area contributed by atoms with Gasteiger partial charge in [-0.15, -0.1) is 0 Å². The molecule has 0 radical (unpaired) electrons. The fourth-order valence-electron chi connectivity index (χ4n) is 2.33. The maximum absolute atomic E-state index is 12.1. The van der Waals surface area contributed by atoms with Crippen molar-refractivity contribution in [2.75, 3.05) is 18.4 Å². The van der Waals surface area contributed by atoms with E-state index in [0.717, 1.165) is 12.8 Å². The van der Waals surface area contributed by atoms with Gasteiger partial charge in [0.1, 0.15) is 12.4 Å². The third kappa shape index (κ3) is 3.85. The Kier molecular flexibility index (Phi) is 5.01. The van der Waals surface area contributed by atoms with Gasteiger partial charge in [0.2, 0.25) is 5.91 Å². The van der Waals surface area contributed by atoms with Crippen molar-refractivity contribution in [2.45, 2.75) is 32.7 Å². The van der Waals surface area contributed by atoms with Gasteiger partial charge in [-0.05, 0) is 25.5 Å². The number of nitrogens with one attached hydrogen (secondary N) is 2. The van der Waals surface area contributed by atoms with Crippen molar-refractivity contribution in [1.29, 1.82) is 0 Å². The molecule has 114 valence electrons. The Morgan fingerprint density at radius 1 is 1.57 bits per heavy atom. The second-order valence-corrected chi connectivity index (χ2v) is 5.48. The van der Waals surface area contributed by atoms with Crippen LogP contribution in [0.4, 0.5) is 10.6 Å². The van der Waals surface area contributed by atoms with Crippen LogP contribution in [-0.2, 0) is 4.79 Å². The Morgan fingerprint density at radius 3 is 3.00 bits per heavy atom. The lowest BCUT2D eigenvalue weighted by molar-refractivity contribution is -0.117. The number of halogens is 1. The van der Waals surface area contributed by atoms with E-state index < -0.39 is 0 Å². The number of amides is 3. The van der Waals surface area contributed by atoms with E-state index in [4.69, 9.17) is 11.6 Å². The smallest absolute Gasteiger partial charge is 0.318 e. The molecule has 2 rings (SSSR count). The maximum atomic E-state index is 12.1. The van der Waals surface area contributed by atoms with Crippen LogP contribution in [0.1, 0.15) is 25.5 Å². The first-order valence-electron chi connectivity index (χ1n) is 6.98. The molecule has 7 heteroatoms. The van der Waals surface area contributed by atoms with Crippen LogP contribution in [0.15, 0.2) is 12.1 Å². The fraction of sp³-hybridized carbons (Fsp3) is 0.500. The number of hydrogen-bond donors (Lipinski definition) is 2. The highest BCUT2D eigenvalue weighted by Crippen LogP contribution is 2.16. The average Bonchev–Trinajstić information content (AvgIpc) is 2.76. The van der Waals surface area contributed by atoms with Crippen LogP contribution in [0.3, 0.4) is 0 Å². The second-order valence-electron chi connectivity index (χ2n) is 5.07. The summed E-state index contributed by atoms with van der Waals surface area (Å²) >= 11 is 5.89. The van der Waals surface area contributed by atoms with Crippen LogP contribution in [-0.4, -0.2) is 41.0 Å². The SMILES string of the molecule is CCC[C@H]1CNC(=O)N1CC(=O)Nc1ccc(Cl)c(C)n1. The molecule has 0 spiro atoms. The van der Waals surface area contributed by atoms with E-state index in [1.54, 1.807) is 24.0 Å². The lowest BCUT2D eigenvalue weighted by Gasteiger charge is -2.21.